The molecule has 0 aliphatic heterocycles. The smallest absolute Gasteiger partial charge is 0.384 e. The summed E-state index contributed by atoms with van der Waals surface area (Å²) in [6.07, 6.45) is -4.69. The molecule has 0 amide bonds. The predicted molar refractivity (Wildman–Crippen MR) is 70.6 cm³/mol. The van der Waals surface area contributed by atoms with E-state index in [1.54, 1.807) is 19.1 Å². The van der Waals surface area contributed by atoms with E-state index in [2.05, 4.69) is 15.3 Å². The lowest BCUT2D eigenvalue weighted by atomic mass is 10.1. The Labute approximate surface area is 118 Å². The second-order valence-corrected chi connectivity index (χ2v) is 4.27. The molecule has 1 aromatic heterocycles. The van der Waals surface area contributed by atoms with Crippen molar-refractivity contribution in [1.82, 2.24) is 9.97 Å². The summed E-state index contributed by atoms with van der Waals surface area (Å²) in [6.45, 7) is 1.75. The topological polar surface area (TPSA) is 87.6 Å². The fraction of sp³-hybridized carbons (Fsp3) is 0.154. The van der Waals surface area contributed by atoms with Crippen LogP contribution in [0, 0.1) is 18.3 Å². The number of halogens is 3. The number of nitrogens with one attached hydrogen (secondary N) is 1. The zero-order valence-corrected chi connectivity index (χ0v) is 10.9. The van der Waals surface area contributed by atoms with Gasteiger partial charge < -0.3 is 11.1 Å². The van der Waals surface area contributed by atoms with Crippen molar-refractivity contribution in [3.63, 3.8) is 0 Å². The molecule has 0 aliphatic rings. The molecule has 0 radical (unpaired) electrons. The summed E-state index contributed by atoms with van der Waals surface area (Å²) in [5.74, 6) is -1.71. The van der Waals surface area contributed by atoms with Crippen molar-refractivity contribution in [2.24, 2.45) is 0 Å². The van der Waals surface area contributed by atoms with Crippen molar-refractivity contribution in [3.05, 3.63) is 41.2 Å². The molecule has 5 nitrogen and oxygen atoms in total. The molecule has 108 valence electrons. The molecule has 0 atom stereocenters. The minimum atomic E-state index is -4.69. The Morgan fingerprint density at radius 3 is 2.57 bits per heavy atom. The van der Waals surface area contributed by atoms with Crippen LogP contribution in [-0.4, -0.2) is 9.97 Å². The quantitative estimate of drug-likeness (QED) is 0.888. The second kappa shape index (κ2) is 5.28. The molecular formula is C13H10F3N5. The maximum Gasteiger partial charge on any atom is 0.451 e. The molecular weight excluding hydrogens is 283 g/mol. The first-order valence-electron chi connectivity index (χ1n) is 5.79. The van der Waals surface area contributed by atoms with Crippen molar-refractivity contribution in [3.8, 4) is 6.07 Å². The van der Waals surface area contributed by atoms with E-state index in [0.29, 0.717) is 11.3 Å². The van der Waals surface area contributed by atoms with Crippen LogP contribution >= 0.6 is 0 Å². The van der Waals surface area contributed by atoms with Gasteiger partial charge in [-0.05, 0) is 24.6 Å². The molecule has 8 heteroatoms. The zero-order valence-electron chi connectivity index (χ0n) is 10.9. The van der Waals surface area contributed by atoms with E-state index in [0.717, 1.165) is 5.56 Å². The van der Waals surface area contributed by atoms with Crippen LogP contribution in [0.15, 0.2) is 24.3 Å². The van der Waals surface area contributed by atoms with Crippen LogP contribution in [0.4, 0.5) is 30.5 Å². The van der Waals surface area contributed by atoms with E-state index >= 15 is 0 Å². The molecule has 0 saturated carbocycles. The Morgan fingerprint density at radius 2 is 1.95 bits per heavy atom. The number of hydrogen-bond acceptors (Lipinski definition) is 5. The van der Waals surface area contributed by atoms with E-state index in [1.165, 1.54) is 12.1 Å². The van der Waals surface area contributed by atoms with E-state index in [-0.39, 0.29) is 11.6 Å². The molecule has 0 aliphatic carbocycles. The van der Waals surface area contributed by atoms with Gasteiger partial charge in [0.15, 0.2) is 0 Å². The minimum Gasteiger partial charge on any atom is -0.384 e. The number of aryl methyl sites for hydroxylation is 1. The van der Waals surface area contributed by atoms with Crippen molar-refractivity contribution < 1.29 is 13.2 Å². The summed E-state index contributed by atoms with van der Waals surface area (Å²) in [4.78, 5) is 6.54. The lowest BCUT2D eigenvalue weighted by molar-refractivity contribution is -0.144. The number of hydrogen-bond donors (Lipinski definition) is 2. The first kappa shape index (κ1) is 14.6. The molecule has 0 unspecified atom stereocenters. The van der Waals surface area contributed by atoms with E-state index in [1.807, 2.05) is 6.07 Å². The molecule has 1 aromatic carbocycles. The summed E-state index contributed by atoms with van der Waals surface area (Å²) in [6, 6.07) is 7.94. The van der Waals surface area contributed by atoms with Crippen LogP contribution in [-0.2, 0) is 6.18 Å². The molecule has 1 heterocycles. The highest BCUT2D eigenvalue weighted by Gasteiger charge is 2.35. The number of nitrogen functional groups attached to an aromatic ring is 1. The molecule has 2 rings (SSSR count). The van der Waals surface area contributed by atoms with Gasteiger partial charge in [-0.2, -0.15) is 18.4 Å². The molecule has 21 heavy (non-hydrogen) atoms. The summed E-state index contributed by atoms with van der Waals surface area (Å²) in [5.41, 5.74) is 6.96. The Bertz CT molecular complexity index is 719. The van der Waals surface area contributed by atoms with Gasteiger partial charge in [-0.3, -0.25) is 0 Å². The first-order valence-corrected chi connectivity index (χ1v) is 5.79. The zero-order chi connectivity index (χ0) is 15.6. The second-order valence-electron chi connectivity index (χ2n) is 4.27. The van der Waals surface area contributed by atoms with Crippen LogP contribution in [0.25, 0.3) is 0 Å². The van der Waals surface area contributed by atoms with Gasteiger partial charge in [0.2, 0.25) is 5.82 Å². The van der Waals surface area contributed by atoms with Gasteiger partial charge >= 0.3 is 6.18 Å². The highest BCUT2D eigenvalue weighted by atomic mass is 19.4. The van der Waals surface area contributed by atoms with Crippen molar-refractivity contribution in [2.45, 2.75) is 13.1 Å². The van der Waals surface area contributed by atoms with Crippen LogP contribution in [0.2, 0.25) is 0 Å². The molecule has 0 fully saturated rings. The summed E-state index contributed by atoms with van der Waals surface area (Å²) < 4.78 is 37.9. The van der Waals surface area contributed by atoms with Crippen LogP contribution in [0.1, 0.15) is 17.0 Å². The van der Waals surface area contributed by atoms with Crippen molar-refractivity contribution >= 4 is 17.3 Å². The fourth-order valence-electron chi connectivity index (χ4n) is 1.62. The minimum absolute atomic E-state index is 0.0898. The number of benzene rings is 1. The standard InChI is InChI=1S/C13H10F3N5/c1-7-2-3-8(6-17)4-9(7)19-11-5-10(18)20-12(21-11)13(14,15)16/h2-5H,1H3,(H3,18,19,20,21). The van der Waals surface area contributed by atoms with Crippen molar-refractivity contribution in [1.29, 1.82) is 5.26 Å². The largest absolute Gasteiger partial charge is 0.451 e. The maximum atomic E-state index is 12.6. The third-order valence-corrected chi connectivity index (χ3v) is 2.63. The Balaban J connectivity index is 2.41. The van der Waals surface area contributed by atoms with Crippen LogP contribution < -0.4 is 11.1 Å². The highest BCUT2D eigenvalue weighted by molar-refractivity contribution is 5.64. The van der Waals surface area contributed by atoms with Gasteiger partial charge in [0, 0.05) is 11.8 Å². The monoisotopic (exact) mass is 293 g/mol. The predicted octanol–water partition coefficient (Wildman–Crippen LogP) is 3.00. The lowest BCUT2D eigenvalue weighted by Gasteiger charge is -2.12. The Kier molecular flexibility index (Phi) is 3.67. The maximum absolute atomic E-state index is 12.6. The molecule has 3 N–H and O–H groups in total. The normalized spacial score (nSPS) is 11.0. The first-order chi connectivity index (χ1) is 9.79. The number of nitrogens with two attached hydrogens (primary N) is 1. The summed E-state index contributed by atoms with van der Waals surface area (Å²) in [7, 11) is 0. The number of aromatic nitrogens is 2. The Hall–Kier alpha value is -2.82. The molecule has 0 saturated heterocycles. The molecule has 2 aromatic rings. The summed E-state index contributed by atoms with van der Waals surface area (Å²) >= 11 is 0. The SMILES string of the molecule is Cc1ccc(C#N)cc1Nc1cc(N)nc(C(F)(F)F)n1. The van der Waals surface area contributed by atoms with E-state index < -0.39 is 12.0 Å². The van der Waals surface area contributed by atoms with Gasteiger partial charge in [0.1, 0.15) is 11.6 Å². The van der Waals surface area contributed by atoms with Gasteiger partial charge in [-0.15, -0.1) is 0 Å². The fourth-order valence-corrected chi connectivity index (χ4v) is 1.62. The summed E-state index contributed by atoms with van der Waals surface area (Å²) in [5, 5.41) is 11.6. The molecule has 0 bridgehead atoms. The van der Waals surface area contributed by atoms with Crippen LogP contribution in [0.3, 0.4) is 0 Å². The number of nitriles is 1. The Morgan fingerprint density at radius 1 is 1.24 bits per heavy atom. The van der Waals surface area contributed by atoms with Gasteiger partial charge in [0.25, 0.3) is 0 Å². The number of rotatable bonds is 2. The number of nitrogens with zero attached hydrogens (tertiary/aromatic N) is 3. The van der Waals surface area contributed by atoms with Gasteiger partial charge in [-0.25, -0.2) is 9.97 Å². The molecule has 0 spiro atoms. The van der Waals surface area contributed by atoms with Gasteiger partial charge in [0.05, 0.1) is 11.6 Å². The lowest BCUT2D eigenvalue weighted by Crippen LogP contribution is -2.13. The number of anilines is 3. The average molecular weight is 293 g/mol. The van der Waals surface area contributed by atoms with Gasteiger partial charge in [-0.1, -0.05) is 6.07 Å². The average Bonchev–Trinajstić information content (AvgIpc) is 2.39. The third kappa shape index (κ3) is 3.39. The highest BCUT2D eigenvalue weighted by Crippen LogP contribution is 2.29. The van der Waals surface area contributed by atoms with E-state index in [9.17, 15) is 13.2 Å². The van der Waals surface area contributed by atoms with E-state index in [4.69, 9.17) is 11.0 Å². The van der Waals surface area contributed by atoms with Crippen molar-refractivity contribution in [2.75, 3.05) is 11.1 Å². The third-order valence-electron chi connectivity index (χ3n) is 2.63. The number of alkyl halides is 3. The van der Waals surface area contributed by atoms with Crippen LogP contribution in [0.5, 0.6) is 0 Å².